The molecule has 2 aromatic carbocycles. The van der Waals surface area contributed by atoms with Crippen molar-refractivity contribution in [3.63, 3.8) is 0 Å². The third-order valence-corrected chi connectivity index (χ3v) is 5.68. The van der Waals surface area contributed by atoms with Crippen LogP contribution in [0.4, 0.5) is 13.6 Å². The summed E-state index contributed by atoms with van der Waals surface area (Å²) in [4.78, 5) is 35.0. The fourth-order valence-corrected chi connectivity index (χ4v) is 3.80. The van der Waals surface area contributed by atoms with Gasteiger partial charge in [-0.25, -0.2) is 9.59 Å². The minimum Gasteiger partial charge on any atom is -0.477 e. The van der Waals surface area contributed by atoms with Crippen LogP contribution >= 0.6 is 0 Å². The molecule has 33 heavy (non-hydrogen) atoms. The first kappa shape index (κ1) is 24.2. The molecule has 1 atom stereocenters. The van der Waals surface area contributed by atoms with Crippen molar-refractivity contribution >= 4 is 18.0 Å². The first-order chi connectivity index (χ1) is 15.6. The molecular formula is C24H26F2N2O5. The van der Waals surface area contributed by atoms with Gasteiger partial charge in [-0.3, -0.25) is 4.79 Å². The number of fused-ring (bicyclic) bond motifs is 3. The van der Waals surface area contributed by atoms with Crippen LogP contribution in [0.3, 0.4) is 0 Å². The van der Waals surface area contributed by atoms with Gasteiger partial charge in [0.2, 0.25) is 5.91 Å². The number of aliphatic carboxylic acids is 1. The lowest BCUT2D eigenvalue weighted by molar-refractivity contribution is -0.164. The van der Waals surface area contributed by atoms with E-state index < -0.39 is 36.5 Å². The Morgan fingerprint density at radius 3 is 2.09 bits per heavy atom. The van der Waals surface area contributed by atoms with Crippen molar-refractivity contribution in [1.29, 1.82) is 0 Å². The van der Waals surface area contributed by atoms with E-state index in [0.29, 0.717) is 0 Å². The summed E-state index contributed by atoms with van der Waals surface area (Å²) in [6.45, 7) is 2.29. The van der Waals surface area contributed by atoms with Crippen molar-refractivity contribution in [3.05, 3.63) is 59.7 Å². The Balaban J connectivity index is 1.58. The molecule has 0 radical (unpaired) electrons. The quantitative estimate of drug-likeness (QED) is 0.528. The van der Waals surface area contributed by atoms with E-state index in [-0.39, 0.29) is 24.9 Å². The second-order valence-electron chi connectivity index (χ2n) is 8.31. The first-order valence-corrected chi connectivity index (χ1v) is 10.6. The fourth-order valence-electron chi connectivity index (χ4n) is 3.80. The molecule has 0 saturated heterocycles. The lowest BCUT2D eigenvalue weighted by Crippen LogP contribution is -2.46. The van der Waals surface area contributed by atoms with E-state index in [4.69, 9.17) is 9.84 Å². The van der Waals surface area contributed by atoms with E-state index in [9.17, 15) is 23.2 Å². The average Bonchev–Trinajstić information content (AvgIpc) is 3.09. The van der Waals surface area contributed by atoms with E-state index in [1.165, 1.54) is 0 Å². The van der Waals surface area contributed by atoms with Crippen molar-refractivity contribution in [3.8, 4) is 11.1 Å². The Labute approximate surface area is 190 Å². The zero-order chi connectivity index (χ0) is 24.2. The SMILES string of the molecule is CC(C)[C@H](CC(=O)NCC(F)(F)C(=O)O)NC(=O)OCC1c2ccccc2-c2ccccc21. The Morgan fingerprint density at radius 1 is 1.03 bits per heavy atom. The van der Waals surface area contributed by atoms with Crippen LogP contribution in [0, 0.1) is 5.92 Å². The molecule has 3 rings (SSSR count). The molecule has 0 unspecified atom stereocenters. The Morgan fingerprint density at radius 2 is 1.58 bits per heavy atom. The maximum Gasteiger partial charge on any atom is 0.407 e. The van der Waals surface area contributed by atoms with E-state index in [1.54, 1.807) is 13.8 Å². The summed E-state index contributed by atoms with van der Waals surface area (Å²) in [5.74, 6) is -7.50. The van der Waals surface area contributed by atoms with Gasteiger partial charge in [0.1, 0.15) is 6.61 Å². The Kier molecular flexibility index (Phi) is 7.30. The molecule has 176 valence electrons. The van der Waals surface area contributed by atoms with Crippen molar-refractivity contribution in [1.82, 2.24) is 10.6 Å². The predicted molar refractivity (Wildman–Crippen MR) is 117 cm³/mol. The van der Waals surface area contributed by atoms with Crippen molar-refractivity contribution in [2.45, 2.75) is 38.2 Å². The fraction of sp³-hybridized carbons (Fsp3) is 0.375. The smallest absolute Gasteiger partial charge is 0.407 e. The van der Waals surface area contributed by atoms with Gasteiger partial charge in [-0.05, 0) is 28.2 Å². The molecule has 0 saturated carbocycles. The maximum atomic E-state index is 13.2. The minimum atomic E-state index is -4.07. The number of carboxylic acid groups (broad SMARTS) is 1. The first-order valence-electron chi connectivity index (χ1n) is 10.6. The summed E-state index contributed by atoms with van der Waals surface area (Å²) in [7, 11) is 0. The highest BCUT2D eigenvalue weighted by Crippen LogP contribution is 2.44. The highest BCUT2D eigenvalue weighted by atomic mass is 19.3. The van der Waals surface area contributed by atoms with E-state index in [2.05, 4.69) is 5.32 Å². The number of ether oxygens (including phenoxy) is 1. The van der Waals surface area contributed by atoms with Gasteiger partial charge in [-0.1, -0.05) is 62.4 Å². The van der Waals surface area contributed by atoms with Gasteiger partial charge in [0.25, 0.3) is 0 Å². The normalized spacial score (nSPS) is 13.7. The number of carbonyl (C=O) groups is 3. The molecule has 0 aromatic heterocycles. The van der Waals surface area contributed by atoms with Crippen LogP contribution in [0.15, 0.2) is 48.5 Å². The maximum absolute atomic E-state index is 13.2. The highest BCUT2D eigenvalue weighted by molar-refractivity contribution is 5.81. The van der Waals surface area contributed by atoms with Crippen LogP contribution in [0.1, 0.15) is 37.3 Å². The van der Waals surface area contributed by atoms with E-state index >= 15 is 0 Å². The van der Waals surface area contributed by atoms with Gasteiger partial charge in [-0.2, -0.15) is 8.78 Å². The lowest BCUT2D eigenvalue weighted by Gasteiger charge is -2.23. The number of alkyl carbamates (subject to hydrolysis) is 1. The molecule has 1 aliphatic carbocycles. The summed E-state index contributed by atoms with van der Waals surface area (Å²) >= 11 is 0. The summed E-state index contributed by atoms with van der Waals surface area (Å²) < 4.78 is 31.8. The molecule has 2 amide bonds. The number of carboxylic acids is 1. The Hall–Kier alpha value is -3.49. The molecule has 0 aliphatic heterocycles. The summed E-state index contributed by atoms with van der Waals surface area (Å²) in [6, 6.07) is 15.1. The van der Waals surface area contributed by atoms with Gasteiger partial charge in [-0.15, -0.1) is 0 Å². The van der Waals surface area contributed by atoms with Crippen molar-refractivity contribution < 1.29 is 33.0 Å². The van der Waals surface area contributed by atoms with Gasteiger partial charge in [0.05, 0.1) is 6.54 Å². The second kappa shape index (κ2) is 9.97. The zero-order valence-electron chi connectivity index (χ0n) is 18.3. The summed E-state index contributed by atoms with van der Waals surface area (Å²) in [5, 5.41) is 13.0. The number of hydrogen-bond donors (Lipinski definition) is 3. The number of carbonyl (C=O) groups excluding carboxylic acids is 2. The third kappa shape index (κ3) is 5.66. The molecular weight excluding hydrogens is 434 g/mol. The number of nitrogens with one attached hydrogen (secondary N) is 2. The highest BCUT2D eigenvalue weighted by Gasteiger charge is 2.39. The average molecular weight is 460 g/mol. The summed E-state index contributed by atoms with van der Waals surface area (Å²) in [6.07, 6.45) is -1.02. The van der Waals surface area contributed by atoms with E-state index in [1.807, 2.05) is 53.8 Å². The number of benzene rings is 2. The van der Waals surface area contributed by atoms with Gasteiger partial charge < -0.3 is 20.5 Å². The number of amides is 2. The van der Waals surface area contributed by atoms with Crippen LogP contribution in [-0.4, -0.2) is 48.2 Å². The van der Waals surface area contributed by atoms with E-state index in [0.717, 1.165) is 22.3 Å². The van der Waals surface area contributed by atoms with Crippen molar-refractivity contribution in [2.75, 3.05) is 13.2 Å². The van der Waals surface area contributed by atoms with Crippen LogP contribution in [0.25, 0.3) is 11.1 Å². The Bertz CT molecular complexity index is 996. The lowest BCUT2D eigenvalue weighted by atomic mass is 9.98. The predicted octanol–water partition coefficient (Wildman–Crippen LogP) is 3.78. The molecule has 0 bridgehead atoms. The summed E-state index contributed by atoms with van der Waals surface area (Å²) in [5.41, 5.74) is 4.31. The standard InChI is InChI=1S/C24H26F2N2O5/c1-14(2)20(11-21(29)27-13-24(25,26)22(30)31)28-23(32)33-12-19-17-9-5-3-7-15(17)16-8-4-6-10-18(16)19/h3-10,14,19-20H,11-13H2,1-2H3,(H,27,29)(H,28,32)(H,30,31)/t20-/m0/s1. The number of rotatable bonds is 9. The van der Waals surface area contributed by atoms with Gasteiger partial charge in [0, 0.05) is 18.4 Å². The minimum absolute atomic E-state index is 0.0989. The van der Waals surface area contributed by atoms with Crippen LogP contribution in [-0.2, 0) is 14.3 Å². The molecule has 0 fully saturated rings. The monoisotopic (exact) mass is 460 g/mol. The van der Waals surface area contributed by atoms with Gasteiger partial charge >= 0.3 is 18.0 Å². The zero-order valence-corrected chi connectivity index (χ0v) is 18.3. The number of hydrogen-bond acceptors (Lipinski definition) is 4. The van der Waals surface area contributed by atoms with Gasteiger partial charge in [0.15, 0.2) is 0 Å². The molecule has 1 aliphatic rings. The van der Waals surface area contributed by atoms with Crippen LogP contribution < -0.4 is 10.6 Å². The number of halogens is 2. The second-order valence-corrected chi connectivity index (χ2v) is 8.31. The molecule has 9 heteroatoms. The molecule has 0 spiro atoms. The topological polar surface area (TPSA) is 105 Å². The molecule has 2 aromatic rings. The largest absolute Gasteiger partial charge is 0.477 e. The third-order valence-electron chi connectivity index (χ3n) is 5.68. The van der Waals surface area contributed by atoms with Crippen LogP contribution in [0.5, 0.6) is 0 Å². The molecule has 7 nitrogen and oxygen atoms in total. The number of alkyl halides is 2. The van der Waals surface area contributed by atoms with Crippen molar-refractivity contribution in [2.24, 2.45) is 5.92 Å². The molecule has 3 N–H and O–H groups in total. The van der Waals surface area contributed by atoms with Crippen LogP contribution in [0.2, 0.25) is 0 Å². The molecule has 0 heterocycles.